The van der Waals surface area contributed by atoms with Crippen LogP contribution >= 0.6 is 11.3 Å². The summed E-state index contributed by atoms with van der Waals surface area (Å²) in [7, 11) is 6.90. The third-order valence-electron chi connectivity index (χ3n) is 10.8. The van der Waals surface area contributed by atoms with Crippen LogP contribution in [0.5, 0.6) is 5.75 Å². The number of hydrogen-bond acceptors (Lipinski definition) is 11. The number of phenols is 1. The number of carbonyl (C=O) groups excluding carboxylic acids is 3. The van der Waals surface area contributed by atoms with Gasteiger partial charge in [0.2, 0.25) is 5.78 Å². The molecule has 11 nitrogen and oxygen atoms in total. The van der Waals surface area contributed by atoms with Crippen LogP contribution < -0.4 is 10.6 Å². The summed E-state index contributed by atoms with van der Waals surface area (Å²) >= 11 is 1.55. The molecule has 6 rings (SSSR count). The molecule has 0 radical (unpaired) electrons. The number of primary amides is 1. The van der Waals surface area contributed by atoms with Crippen LogP contribution in [0.15, 0.2) is 65.4 Å². The Morgan fingerprint density at radius 2 is 1.71 bits per heavy atom. The van der Waals surface area contributed by atoms with E-state index in [9.17, 15) is 34.8 Å². The van der Waals surface area contributed by atoms with Crippen molar-refractivity contribution < 1.29 is 34.8 Å². The number of hydrogen-bond donors (Lipinski definition) is 5. The zero-order valence-corrected chi connectivity index (χ0v) is 31.3. The van der Waals surface area contributed by atoms with E-state index in [4.69, 9.17) is 5.73 Å². The predicted octanol–water partition coefficient (Wildman–Crippen LogP) is 4.81. The van der Waals surface area contributed by atoms with Crippen molar-refractivity contribution in [2.45, 2.75) is 57.8 Å². The number of anilines is 1. The number of amides is 1. The average molecular weight is 729 g/mol. The fraction of sp³-hybridized carbons (Fsp3) is 0.425. The van der Waals surface area contributed by atoms with Crippen LogP contribution in [0.3, 0.4) is 0 Å². The minimum absolute atomic E-state index is 0.0335. The van der Waals surface area contributed by atoms with Crippen molar-refractivity contribution in [3.63, 3.8) is 0 Å². The van der Waals surface area contributed by atoms with Gasteiger partial charge in [-0.05, 0) is 81.1 Å². The van der Waals surface area contributed by atoms with Crippen LogP contribution in [0.2, 0.25) is 0 Å². The van der Waals surface area contributed by atoms with Crippen LogP contribution in [-0.4, -0.2) is 94.1 Å². The molecule has 1 heterocycles. The van der Waals surface area contributed by atoms with Gasteiger partial charge in [-0.3, -0.25) is 24.2 Å². The Hall–Kier alpha value is -4.49. The molecule has 1 aromatic heterocycles. The first-order valence-electron chi connectivity index (χ1n) is 17.6. The molecule has 0 spiro atoms. The first-order valence-corrected chi connectivity index (χ1v) is 18.4. The van der Waals surface area contributed by atoms with Gasteiger partial charge in [-0.2, -0.15) is 0 Å². The molecule has 3 aliphatic carbocycles. The van der Waals surface area contributed by atoms with E-state index in [0.29, 0.717) is 23.6 Å². The second kappa shape index (κ2) is 14.1. The molecule has 3 aromatic rings. The zero-order valence-electron chi connectivity index (χ0n) is 30.5. The van der Waals surface area contributed by atoms with Gasteiger partial charge in [0, 0.05) is 59.7 Å². The monoisotopic (exact) mass is 728 g/mol. The van der Waals surface area contributed by atoms with E-state index in [0.717, 1.165) is 35.0 Å². The van der Waals surface area contributed by atoms with Crippen LogP contribution in [0.25, 0.3) is 16.2 Å². The molecule has 276 valence electrons. The normalized spacial score (nSPS) is 23.0. The van der Waals surface area contributed by atoms with E-state index in [1.54, 1.807) is 25.4 Å². The Labute approximate surface area is 308 Å². The Bertz CT molecular complexity index is 1980. The number of ketones is 2. The van der Waals surface area contributed by atoms with Crippen LogP contribution in [0.1, 0.15) is 48.3 Å². The van der Waals surface area contributed by atoms with Crippen LogP contribution in [0, 0.1) is 17.8 Å². The maximum absolute atomic E-state index is 14.4. The topological polar surface area (TPSA) is 168 Å². The van der Waals surface area contributed by atoms with Gasteiger partial charge < -0.3 is 31.1 Å². The summed E-state index contributed by atoms with van der Waals surface area (Å²) in [5.41, 5.74) is 4.93. The number of benzene rings is 2. The molecule has 0 aliphatic heterocycles. The van der Waals surface area contributed by atoms with Crippen LogP contribution in [0.4, 0.5) is 5.69 Å². The summed E-state index contributed by atoms with van der Waals surface area (Å²) in [4.78, 5) is 47.8. The molecule has 1 fully saturated rings. The lowest BCUT2D eigenvalue weighted by molar-refractivity contribution is -0.153. The zero-order chi connectivity index (χ0) is 37.8. The number of Topliss-reactive ketones (excluding diaryl/α,β-unsaturated/α-hetero) is 2. The van der Waals surface area contributed by atoms with Crippen molar-refractivity contribution in [3.8, 4) is 16.2 Å². The molecule has 0 bridgehead atoms. The standard InChI is InChI=1S/C40H48N4O7S/c1-21(2)14-15-44(19-22-10-8-7-9-11-22)20-24-12-13-29(52-24)26-18-28(42(3)4)25-16-23-17-27-33(43(5)6)36(47)32(39(41)50)38(49)40(27,51)37(48)30(23)35(46)31(25)34(26)45/h7-13,18,21,23,27,33,45-46,49,51H,14-17,19-20H2,1-6H3,(H2,41,50). The van der Waals surface area contributed by atoms with Crippen molar-refractivity contribution in [1.29, 1.82) is 0 Å². The lowest BCUT2D eigenvalue weighted by Crippen LogP contribution is -2.65. The number of nitrogens with zero attached hydrogens (tertiary/aromatic N) is 3. The molecule has 1 amide bonds. The average Bonchev–Trinajstić information content (AvgIpc) is 3.53. The van der Waals surface area contributed by atoms with Gasteiger partial charge >= 0.3 is 0 Å². The minimum Gasteiger partial charge on any atom is -0.508 e. The Balaban J connectivity index is 1.42. The van der Waals surface area contributed by atoms with E-state index < -0.39 is 58.0 Å². The first kappa shape index (κ1) is 37.3. The maximum atomic E-state index is 14.4. The van der Waals surface area contributed by atoms with Crippen molar-refractivity contribution in [3.05, 3.63) is 87.0 Å². The number of phenolic OH excluding ortho intramolecular Hbond substituents is 1. The Morgan fingerprint density at radius 1 is 1.02 bits per heavy atom. The summed E-state index contributed by atoms with van der Waals surface area (Å²) in [6, 6.07) is 15.1. The van der Waals surface area contributed by atoms with Gasteiger partial charge in [-0.25, -0.2) is 0 Å². The fourth-order valence-corrected chi connectivity index (χ4v) is 9.27. The number of aliphatic hydroxyl groups excluding tert-OH is 2. The first-order chi connectivity index (χ1) is 24.6. The van der Waals surface area contributed by atoms with E-state index in [-0.39, 0.29) is 29.7 Å². The van der Waals surface area contributed by atoms with Gasteiger partial charge in [0.15, 0.2) is 11.4 Å². The Morgan fingerprint density at radius 3 is 2.33 bits per heavy atom. The molecule has 4 unspecified atom stereocenters. The molecule has 12 heteroatoms. The highest BCUT2D eigenvalue weighted by atomic mass is 32.1. The number of aliphatic hydroxyl groups is 3. The lowest BCUT2D eigenvalue weighted by atomic mass is 9.57. The van der Waals surface area contributed by atoms with Gasteiger partial charge in [-0.15, -0.1) is 11.3 Å². The maximum Gasteiger partial charge on any atom is 0.255 e. The fourth-order valence-electron chi connectivity index (χ4n) is 8.20. The molecule has 52 heavy (non-hydrogen) atoms. The number of thiophene rings is 1. The molecule has 6 N–H and O–H groups in total. The quantitative estimate of drug-likeness (QED) is 0.173. The summed E-state index contributed by atoms with van der Waals surface area (Å²) < 4.78 is 0. The van der Waals surface area contributed by atoms with Gasteiger partial charge in [0.25, 0.3) is 5.91 Å². The van der Waals surface area contributed by atoms with E-state index >= 15 is 0 Å². The van der Waals surface area contributed by atoms with Gasteiger partial charge in [-0.1, -0.05) is 44.2 Å². The Kier molecular flexibility index (Phi) is 10.1. The SMILES string of the molecule is CC(C)CCN(Cc1ccccc1)Cc1ccc(-c2cc(N(C)C)c3c(c2O)C(O)=C2C(=O)C4(O)C(O)=C(C(N)=O)C(=O)C(N(C)C)C4CC2C3)s1. The van der Waals surface area contributed by atoms with Crippen molar-refractivity contribution >= 4 is 40.3 Å². The van der Waals surface area contributed by atoms with Crippen molar-refractivity contribution in [1.82, 2.24) is 9.80 Å². The number of nitrogens with two attached hydrogens (primary N) is 1. The molecule has 4 atom stereocenters. The third kappa shape index (κ3) is 6.31. The van der Waals surface area contributed by atoms with Crippen LogP contribution in [-0.2, 0) is 33.9 Å². The number of likely N-dealkylation sites (N-methyl/N-ethyl adjacent to an activating group) is 1. The van der Waals surface area contributed by atoms with Gasteiger partial charge in [0.05, 0.1) is 11.6 Å². The predicted molar refractivity (Wildman–Crippen MR) is 202 cm³/mol. The molecular formula is C40H48N4O7S. The van der Waals surface area contributed by atoms with E-state index in [1.165, 1.54) is 10.5 Å². The smallest absolute Gasteiger partial charge is 0.255 e. The molecule has 0 saturated heterocycles. The number of carbonyl (C=O) groups is 3. The summed E-state index contributed by atoms with van der Waals surface area (Å²) in [6.07, 6.45) is 1.30. The van der Waals surface area contributed by atoms with Crippen molar-refractivity contribution in [2.24, 2.45) is 23.5 Å². The highest BCUT2D eigenvalue weighted by Crippen LogP contribution is 2.55. The van der Waals surface area contributed by atoms with E-state index in [2.05, 4.69) is 30.9 Å². The summed E-state index contributed by atoms with van der Waals surface area (Å²) in [6.45, 7) is 6.87. The van der Waals surface area contributed by atoms with Gasteiger partial charge in [0.1, 0.15) is 22.8 Å². The van der Waals surface area contributed by atoms with Crippen molar-refractivity contribution in [2.75, 3.05) is 39.6 Å². The number of rotatable bonds is 11. The highest BCUT2D eigenvalue weighted by Gasteiger charge is 2.64. The second-order valence-electron chi connectivity index (χ2n) is 15.1. The lowest BCUT2D eigenvalue weighted by Gasteiger charge is -2.50. The molecular weight excluding hydrogens is 681 g/mol. The largest absolute Gasteiger partial charge is 0.508 e. The number of fused-ring (bicyclic) bond motifs is 3. The molecule has 2 aromatic carbocycles. The van der Waals surface area contributed by atoms with E-state index in [1.807, 2.05) is 55.4 Å². The molecule has 3 aliphatic rings. The highest BCUT2D eigenvalue weighted by molar-refractivity contribution is 7.15. The minimum atomic E-state index is -2.69. The number of aromatic hydroxyl groups is 1. The molecule has 1 saturated carbocycles. The third-order valence-corrected chi connectivity index (χ3v) is 11.9. The summed E-state index contributed by atoms with van der Waals surface area (Å²) in [5, 5.41) is 47.1. The summed E-state index contributed by atoms with van der Waals surface area (Å²) in [5.74, 6) is -6.10. The second-order valence-corrected chi connectivity index (χ2v) is 16.3.